The van der Waals surface area contributed by atoms with Gasteiger partial charge in [-0.1, -0.05) is 0 Å². The van der Waals surface area contributed by atoms with Crippen molar-refractivity contribution in [3.8, 4) is 5.75 Å². The van der Waals surface area contributed by atoms with E-state index in [-0.39, 0.29) is 5.91 Å². The van der Waals surface area contributed by atoms with Crippen molar-refractivity contribution in [1.82, 2.24) is 19.4 Å². The van der Waals surface area contributed by atoms with Gasteiger partial charge in [0.05, 0.1) is 12.2 Å². The second-order valence-electron chi connectivity index (χ2n) is 9.95. The molecule has 4 heterocycles. The van der Waals surface area contributed by atoms with Crippen LogP contribution in [0, 0.1) is 6.92 Å². The molecule has 1 atom stereocenters. The van der Waals surface area contributed by atoms with Crippen molar-refractivity contribution >= 4 is 16.8 Å². The minimum atomic E-state index is 0.0907. The van der Waals surface area contributed by atoms with Crippen molar-refractivity contribution in [3.05, 3.63) is 60.0 Å². The lowest BCUT2D eigenvalue weighted by Gasteiger charge is -2.33. The van der Waals surface area contributed by atoms with Gasteiger partial charge in [-0.25, -0.2) is 0 Å². The van der Waals surface area contributed by atoms with Gasteiger partial charge in [0.15, 0.2) is 0 Å². The molecule has 0 spiro atoms. The largest absolute Gasteiger partial charge is 0.494 e. The zero-order valence-electron chi connectivity index (χ0n) is 20.4. The van der Waals surface area contributed by atoms with Gasteiger partial charge in [0, 0.05) is 61.2 Å². The molecular weight excluding hydrogens is 424 g/mol. The average molecular weight is 461 g/mol. The first kappa shape index (κ1) is 22.9. The summed E-state index contributed by atoms with van der Waals surface area (Å²) in [7, 11) is 0. The van der Waals surface area contributed by atoms with E-state index in [0.29, 0.717) is 11.6 Å². The van der Waals surface area contributed by atoms with Crippen molar-refractivity contribution in [2.75, 3.05) is 32.8 Å². The van der Waals surface area contributed by atoms with E-state index in [1.165, 1.54) is 30.3 Å². The van der Waals surface area contributed by atoms with Gasteiger partial charge in [0.2, 0.25) is 0 Å². The van der Waals surface area contributed by atoms with Crippen molar-refractivity contribution in [3.63, 3.8) is 0 Å². The number of likely N-dealkylation sites (tertiary alicyclic amines) is 2. The van der Waals surface area contributed by atoms with Gasteiger partial charge in [0.1, 0.15) is 5.75 Å². The van der Waals surface area contributed by atoms with Gasteiger partial charge < -0.3 is 19.1 Å². The fraction of sp³-hybridized carbons (Fsp3) is 0.500. The number of piperidine rings is 1. The Hall–Kier alpha value is -2.86. The lowest BCUT2D eigenvalue weighted by atomic mass is 10.0. The zero-order chi connectivity index (χ0) is 23.5. The first-order valence-electron chi connectivity index (χ1n) is 12.8. The zero-order valence-corrected chi connectivity index (χ0v) is 20.4. The highest BCUT2D eigenvalue weighted by atomic mass is 16.5. The molecule has 2 fully saturated rings. The van der Waals surface area contributed by atoms with E-state index < -0.39 is 0 Å². The Morgan fingerprint density at radius 2 is 1.94 bits per heavy atom. The molecule has 0 aliphatic carbocycles. The maximum atomic E-state index is 12.9. The summed E-state index contributed by atoms with van der Waals surface area (Å²) in [6.45, 7) is 8.97. The molecule has 1 aromatic carbocycles. The number of carbonyl (C=O) groups is 1. The predicted molar refractivity (Wildman–Crippen MR) is 135 cm³/mol. The molecule has 0 radical (unpaired) electrons. The fourth-order valence-electron chi connectivity index (χ4n) is 5.53. The second-order valence-corrected chi connectivity index (χ2v) is 9.95. The molecule has 6 heteroatoms. The van der Waals surface area contributed by atoms with Gasteiger partial charge in [0.25, 0.3) is 5.91 Å². The summed E-state index contributed by atoms with van der Waals surface area (Å²) in [4.78, 5) is 21.6. The van der Waals surface area contributed by atoms with Crippen LogP contribution in [0.3, 0.4) is 0 Å². The molecule has 180 valence electrons. The summed E-state index contributed by atoms with van der Waals surface area (Å²) in [5.74, 6) is 1.04. The number of hydrogen-bond acceptors (Lipinski definition) is 4. The number of hydrogen-bond donors (Lipinski definition) is 0. The summed E-state index contributed by atoms with van der Waals surface area (Å²) < 4.78 is 8.45. The maximum Gasteiger partial charge on any atom is 0.255 e. The number of ether oxygens (including phenoxy) is 1. The van der Waals surface area contributed by atoms with E-state index in [2.05, 4.69) is 51.8 Å². The third-order valence-electron chi connectivity index (χ3n) is 7.51. The minimum Gasteiger partial charge on any atom is -0.494 e. The average Bonchev–Trinajstić information content (AvgIpc) is 3.47. The SMILES string of the molecule is Cc1cncc(C(=O)N2CCC(n3ccc4cc(OCCCN5CCC[C@H]5C)ccc43)CC2)c1. The van der Waals surface area contributed by atoms with E-state index in [0.717, 1.165) is 62.9 Å². The summed E-state index contributed by atoms with van der Waals surface area (Å²) in [6.07, 6.45) is 11.3. The number of aryl methyl sites for hydroxylation is 1. The Morgan fingerprint density at radius 3 is 2.71 bits per heavy atom. The van der Waals surface area contributed by atoms with Crippen LogP contribution in [0.1, 0.15) is 61.0 Å². The molecule has 1 amide bonds. The third kappa shape index (κ3) is 4.97. The summed E-state index contributed by atoms with van der Waals surface area (Å²) in [6, 6.07) is 11.7. The van der Waals surface area contributed by atoms with Crippen LogP contribution in [0.25, 0.3) is 10.9 Å². The third-order valence-corrected chi connectivity index (χ3v) is 7.51. The van der Waals surface area contributed by atoms with Crippen molar-refractivity contribution in [2.45, 2.75) is 58.0 Å². The molecule has 2 aromatic heterocycles. The highest BCUT2D eigenvalue weighted by Crippen LogP contribution is 2.30. The van der Waals surface area contributed by atoms with E-state index in [9.17, 15) is 4.79 Å². The molecule has 3 aromatic rings. The van der Waals surface area contributed by atoms with Crippen LogP contribution in [-0.4, -0.2) is 64.1 Å². The summed E-state index contributed by atoms with van der Waals surface area (Å²) in [5.41, 5.74) is 2.95. The molecule has 0 bridgehead atoms. The van der Waals surface area contributed by atoms with Crippen LogP contribution in [0.5, 0.6) is 5.75 Å². The van der Waals surface area contributed by atoms with Gasteiger partial charge in [-0.05, 0) is 88.4 Å². The fourth-order valence-corrected chi connectivity index (χ4v) is 5.53. The Kier molecular flexibility index (Phi) is 6.86. The first-order valence-corrected chi connectivity index (χ1v) is 12.8. The lowest BCUT2D eigenvalue weighted by Crippen LogP contribution is -2.39. The molecule has 0 N–H and O–H groups in total. The number of carbonyl (C=O) groups excluding carboxylic acids is 1. The maximum absolute atomic E-state index is 12.9. The Bertz CT molecular complexity index is 1130. The molecule has 0 saturated carbocycles. The number of rotatable bonds is 7. The lowest BCUT2D eigenvalue weighted by molar-refractivity contribution is 0.0695. The normalized spacial score (nSPS) is 19.7. The van der Waals surface area contributed by atoms with Crippen molar-refractivity contribution < 1.29 is 9.53 Å². The minimum absolute atomic E-state index is 0.0907. The smallest absolute Gasteiger partial charge is 0.255 e. The molecule has 5 rings (SSSR count). The van der Waals surface area contributed by atoms with Gasteiger partial charge in [-0.3, -0.25) is 9.78 Å². The quantitative estimate of drug-likeness (QED) is 0.462. The van der Waals surface area contributed by atoms with Crippen LogP contribution in [0.2, 0.25) is 0 Å². The molecule has 6 nitrogen and oxygen atoms in total. The van der Waals surface area contributed by atoms with E-state index >= 15 is 0 Å². The van der Waals surface area contributed by atoms with E-state index in [1.807, 2.05) is 17.9 Å². The number of amides is 1. The predicted octanol–water partition coefficient (Wildman–Crippen LogP) is 5.08. The Morgan fingerprint density at radius 1 is 1.09 bits per heavy atom. The second kappa shape index (κ2) is 10.2. The molecular formula is C28H36N4O2. The van der Waals surface area contributed by atoms with Crippen molar-refractivity contribution in [2.24, 2.45) is 0 Å². The number of pyridine rings is 1. The molecule has 2 aliphatic rings. The van der Waals surface area contributed by atoms with Crippen LogP contribution < -0.4 is 4.74 Å². The number of nitrogens with zero attached hydrogens (tertiary/aromatic N) is 4. The summed E-state index contributed by atoms with van der Waals surface area (Å²) in [5, 5.41) is 1.22. The number of fused-ring (bicyclic) bond motifs is 1. The molecule has 2 saturated heterocycles. The first-order chi connectivity index (χ1) is 16.6. The molecule has 34 heavy (non-hydrogen) atoms. The van der Waals surface area contributed by atoms with Gasteiger partial charge >= 0.3 is 0 Å². The highest BCUT2D eigenvalue weighted by molar-refractivity contribution is 5.94. The number of benzene rings is 1. The topological polar surface area (TPSA) is 50.6 Å². The van der Waals surface area contributed by atoms with E-state index in [4.69, 9.17) is 4.74 Å². The van der Waals surface area contributed by atoms with Crippen LogP contribution in [0.15, 0.2) is 48.9 Å². The standard InChI is InChI=1S/C28H36N4O2/c1-21-17-24(20-29-19-21)28(33)31-13-9-25(10-14-31)32-15-8-23-18-26(6-7-27(23)32)34-16-4-12-30-11-3-5-22(30)2/h6-8,15,17-20,22,25H,3-5,9-14,16H2,1-2H3/t22-/m1/s1. The highest BCUT2D eigenvalue weighted by Gasteiger charge is 2.25. The van der Waals surface area contributed by atoms with Crippen LogP contribution >= 0.6 is 0 Å². The van der Waals surface area contributed by atoms with Gasteiger partial charge in [-0.2, -0.15) is 0 Å². The van der Waals surface area contributed by atoms with Crippen LogP contribution in [-0.2, 0) is 0 Å². The molecule has 0 unspecified atom stereocenters. The monoisotopic (exact) mass is 460 g/mol. The van der Waals surface area contributed by atoms with Crippen LogP contribution in [0.4, 0.5) is 0 Å². The number of aromatic nitrogens is 2. The Balaban J connectivity index is 1.15. The van der Waals surface area contributed by atoms with E-state index in [1.54, 1.807) is 12.4 Å². The Labute approximate surface area is 202 Å². The molecule has 2 aliphatic heterocycles. The summed E-state index contributed by atoms with van der Waals surface area (Å²) >= 11 is 0. The van der Waals surface area contributed by atoms with Crippen molar-refractivity contribution in [1.29, 1.82) is 0 Å². The van der Waals surface area contributed by atoms with Gasteiger partial charge in [-0.15, -0.1) is 0 Å².